The van der Waals surface area contributed by atoms with Crippen LogP contribution in [0.3, 0.4) is 0 Å². The fourth-order valence-electron chi connectivity index (χ4n) is 0.849. The molecule has 0 spiro atoms. The van der Waals surface area contributed by atoms with Crippen molar-refractivity contribution in [2.24, 2.45) is 0 Å². The molecule has 10 heteroatoms. The summed E-state index contributed by atoms with van der Waals surface area (Å²) in [4.78, 5) is 0. The van der Waals surface area contributed by atoms with Crippen molar-refractivity contribution in [3.63, 3.8) is 0 Å². The van der Waals surface area contributed by atoms with Crippen LogP contribution < -0.4 is 17.8 Å². The Bertz CT molecular complexity index is 361. The standard InChI is InChI=1S/C6H2BF5O2.2H3N/c8-2-1(7(13)14)3(9)5(11)6(12)4(2)10;;/h13-14H;2*1H3. The Morgan fingerprint density at radius 2 is 0.875 bits per heavy atom. The lowest BCUT2D eigenvalue weighted by Crippen LogP contribution is -2.38. The molecule has 1 rings (SSSR count). The van der Waals surface area contributed by atoms with Gasteiger partial charge >= 0.3 is 7.12 Å². The van der Waals surface area contributed by atoms with Gasteiger partial charge < -0.3 is 22.3 Å². The van der Waals surface area contributed by atoms with Crippen LogP contribution in [0, 0.1) is 29.1 Å². The maximum Gasteiger partial charge on any atom is 0.494 e. The van der Waals surface area contributed by atoms with Gasteiger partial charge in [-0.3, -0.25) is 0 Å². The molecular weight excluding hydrogens is 238 g/mol. The Labute approximate surface area is 87.0 Å². The van der Waals surface area contributed by atoms with Crippen molar-refractivity contribution in [1.29, 1.82) is 0 Å². The topological polar surface area (TPSA) is 110 Å². The molecule has 8 N–H and O–H groups in total. The summed E-state index contributed by atoms with van der Waals surface area (Å²) in [5.74, 6) is -11.3. The van der Waals surface area contributed by atoms with E-state index >= 15 is 0 Å². The van der Waals surface area contributed by atoms with Crippen molar-refractivity contribution in [2.75, 3.05) is 0 Å². The van der Waals surface area contributed by atoms with Crippen LogP contribution >= 0.6 is 0 Å². The van der Waals surface area contributed by atoms with Gasteiger partial charge in [-0.2, -0.15) is 0 Å². The average molecular weight is 246 g/mol. The third-order valence-corrected chi connectivity index (χ3v) is 1.50. The smallest absolute Gasteiger partial charge is 0.423 e. The Morgan fingerprint density at radius 1 is 0.625 bits per heavy atom. The van der Waals surface area contributed by atoms with Crippen LogP contribution in [0.4, 0.5) is 22.0 Å². The first-order chi connectivity index (χ1) is 6.37. The highest BCUT2D eigenvalue weighted by Gasteiger charge is 2.31. The predicted molar refractivity (Wildman–Crippen MR) is 46.1 cm³/mol. The number of halogens is 5. The molecule has 0 unspecified atom stereocenters. The first-order valence-corrected chi connectivity index (χ1v) is 3.25. The second kappa shape index (κ2) is 5.75. The Morgan fingerprint density at radius 3 is 1.12 bits per heavy atom. The van der Waals surface area contributed by atoms with E-state index in [9.17, 15) is 22.0 Å². The zero-order chi connectivity index (χ0) is 11.0. The van der Waals surface area contributed by atoms with Crippen LogP contribution in [-0.4, -0.2) is 17.2 Å². The molecule has 1 aromatic rings. The van der Waals surface area contributed by atoms with E-state index in [4.69, 9.17) is 10.0 Å². The lowest BCUT2D eigenvalue weighted by molar-refractivity contribution is 0.373. The van der Waals surface area contributed by atoms with Crippen LogP contribution in [0.25, 0.3) is 0 Å². The molecule has 0 aliphatic rings. The van der Waals surface area contributed by atoms with E-state index in [1.165, 1.54) is 0 Å². The molecule has 0 aliphatic carbocycles. The number of hydrogen-bond acceptors (Lipinski definition) is 4. The van der Waals surface area contributed by atoms with Gasteiger partial charge in [0.2, 0.25) is 0 Å². The van der Waals surface area contributed by atoms with Gasteiger partial charge in [0.15, 0.2) is 29.1 Å². The summed E-state index contributed by atoms with van der Waals surface area (Å²) in [5.41, 5.74) is -1.67. The molecule has 0 atom stereocenters. The predicted octanol–water partition coefficient (Wildman–Crippen LogP) is 0.386. The molecule has 92 valence electrons. The largest absolute Gasteiger partial charge is 0.494 e. The van der Waals surface area contributed by atoms with Crippen LogP contribution in [0.2, 0.25) is 0 Å². The van der Waals surface area contributed by atoms with E-state index in [1.54, 1.807) is 0 Å². The minimum Gasteiger partial charge on any atom is -0.423 e. The van der Waals surface area contributed by atoms with E-state index < -0.39 is 41.7 Å². The molecule has 0 fully saturated rings. The van der Waals surface area contributed by atoms with Crippen molar-refractivity contribution in [3.05, 3.63) is 29.1 Å². The number of hydrogen-bond donors (Lipinski definition) is 4. The summed E-state index contributed by atoms with van der Waals surface area (Å²) in [6, 6.07) is 0. The molecular formula is C6H8BF5N2O2. The van der Waals surface area contributed by atoms with Gasteiger partial charge in [-0.15, -0.1) is 0 Å². The third-order valence-electron chi connectivity index (χ3n) is 1.50. The van der Waals surface area contributed by atoms with Gasteiger partial charge in [0, 0.05) is 0 Å². The summed E-state index contributed by atoms with van der Waals surface area (Å²) < 4.78 is 62.4. The maximum absolute atomic E-state index is 12.6. The lowest BCUT2D eigenvalue weighted by Gasteiger charge is -2.06. The van der Waals surface area contributed by atoms with Crippen molar-refractivity contribution < 1.29 is 32.0 Å². The third kappa shape index (κ3) is 2.47. The minimum absolute atomic E-state index is 0. The molecule has 0 saturated carbocycles. The zero-order valence-electron chi connectivity index (χ0n) is 7.78. The zero-order valence-corrected chi connectivity index (χ0v) is 7.78. The Kier molecular flexibility index (Phi) is 6.17. The van der Waals surface area contributed by atoms with Crippen molar-refractivity contribution >= 4 is 12.6 Å². The minimum atomic E-state index is -2.76. The van der Waals surface area contributed by atoms with Gasteiger partial charge in [-0.1, -0.05) is 0 Å². The van der Waals surface area contributed by atoms with Crippen LogP contribution in [0.1, 0.15) is 0 Å². The van der Waals surface area contributed by atoms with E-state index in [0.29, 0.717) is 0 Å². The average Bonchev–Trinajstić information content (AvgIpc) is 2.11. The molecule has 0 bridgehead atoms. The fraction of sp³-hybridized carbons (Fsp3) is 0. The van der Waals surface area contributed by atoms with E-state index in [1.807, 2.05) is 0 Å². The lowest BCUT2D eigenvalue weighted by atomic mass is 9.79. The van der Waals surface area contributed by atoms with Crippen LogP contribution in [-0.2, 0) is 0 Å². The van der Waals surface area contributed by atoms with Crippen molar-refractivity contribution in [1.82, 2.24) is 12.3 Å². The van der Waals surface area contributed by atoms with Gasteiger partial charge in [0.05, 0.1) is 5.46 Å². The highest BCUT2D eigenvalue weighted by molar-refractivity contribution is 6.58. The molecule has 0 heterocycles. The molecule has 0 radical (unpaired) electrons. The van der Waals surface area contributed by atoms with Crippen molar-refractivity contribution in [3.8, 4) is 0 Å². The summed E-state index contributed by atoms with van der Waals surface area (Å²) >= 11 is 0. The molecule has 1 aromatic carbocycles. The molecule has 0 aliphatic heterocycles. The normalized spacial score (nSPS) is 9.19. The monoisotopic (exact) mass is 246 g/mol. The quantitative estimate of drug-likeness (QED) is 0.248. The van der Waals surface area contributed by atoms with Gasteiger partial charge in [-0.05, 0) is 0 Å². The Hall–Kier alpha value is -1.23. The summed E-state index contributed by atoms with van der Waals surface area (Å²) in [5, 5.41) is 16.7. The number of benzene rings is 1. The van der Waals surface area contributed by atoms with Crippen molar-refractivity contribution in [2.45, 2.75) is 0 Å². The molecule has 4 nitrogen and oxygen atoms in total. The number of rotatable bonds is 1. The highest BCUT2D eigenvalue weighted by atomic mass is 19.2. The first-order valence-electron chi connectivity index (χ1n) is 3.25. The van der Waals surface area contributed by atoms with E-state index in [2.05, 4.69) is 0 Å². The van der Waals surface area contributed by atoms with E-state index in [0.717, 1.165) is 0 Å². The SMILES string of the molecule is N.N.OB(O)c1c(F)c(F)c(F)c(F)c1F. The second-order valence-electron chi connectivity index (χ2n) is 2.36. The maximum atomic E-state index is 12.6. The molecule has 16 heavy (non-hydrogen) atoms. The summed E-state index contributed by atoms with van der Waals surface area (Å²) in [6.07, 6.45) is 0. The highest BCUT2D eigenvalue weighted by Crippen LogP contribution is 2.15. The van der Waals surface area contributed by atoms with Gasteiger partial charge in [0.25, 0.3) is 0 Å². The first kappa shape index (κ1) is 17.2. The Balaban J connectivity index is 0. The van der Waals surface area contributed by atoms with Gasteiger partial charge in [0.1, 0.15) is 0 Å². The fourth-order valence-corrected chi connectivity index (χ4v) is 0.849. The molecule has 0 saturated heterocycles. The van der Waals surface area contributed by atoms with Gasteiger partial charge in [-0.25, -0.2) is 22.0 Å². The van der Waals surface area contributed by atoms with Crippen LogP contribution in [0.5, 0.6) is 0 Å². The summed E-state index contributed by atoms with van der Waals surface area (Å²) in [7, 11) is -2.76. The molecule has 0 amide bonds. The summed E-state index contributed by atoms with van der Waals surface area (Å²) in [6.45, 7) is 0. The molecule has 0 aromatic heterocycles. The second-order valence-corrected chi connectivity index (χ2v) is 2.36. The van der Waals surface area contributed by atoms with E-state index in [-0.39, 0.29) is 12.3 Å². The van der Waals surface area contributed by atoms with Crippen LogP contribution in [0.15, 0.2) is 0 Å².